The number of aryl methyl sites for hydroxylation is 1. The molecule has 1 atom stereocenters. The predicted octanol–water partition coefficient (Wildman–Crippen LogP) is 4.55. The summed E-state index contributed by atoms with van der Waals surface area (Å²) in [6.45, 7) is 6.26. The second kappa shape index (κ2) is 8.67. The van der Waals surface area contributed by atoms with E-state index >= 15 is 0 Å². The van der Waals surface area contributed by atoms with Crippen LogP contribution >= 0.6 is 0 Å². The van der Waals surface area contributed by atoms with E-state index in [1.54, 1.807) is 24.3 Å². The summed E-state index contributed by atoms with van der Waals surface area (Å²) < 4.78 is 11.2. The predicted molar refractivity (Wildman–Crippen MR) is 104 cm³/mol. The van der Waals surface area contributed by atoms with Crippen LogP contribution in [-0.2, 0) is 17.6 Å². The van der Waals surface area contributed by atoms with E-state index in [1.807, 2.05) is 6.07 Å². The van der Waals surface area contributed by atoms with Crippen molar-refractivity contribution in [3.05, 3.63) is 71.8 Å². The van der Waals surface area contributed by atoms with Gasteiger partial charge in [0.1, 0.15) is 11.5 Å². The van der Waals surface area contributed by atoms with E-state index in [-0.39, 0.29) is 17.7 Å². The first-order valence-electron chi connectivity index (χ1n) is 9.34. The van der Waals surface area contributed by atoms with Gasteiger partial charge in [-0.3, -0.25) is 9.59 Å². The minimum Gasteiger partial charge on any atom is -0.494 e. The number of ether oxygens (including phenoxy) is 2. The van der Waals surface area contributed by atoms with Crippen LogP contribution in [0.3, 0.4) is 0 Å². The van der Waals surface area contributed by atoms with Gasteiger partial charge in [0, 0.05) is 5.56 Å². The molecule has 0 amide bonds. The minimum atomic E-state index is -0.227. The molecule has 2 aromatic carbocycles. The van der Waals surface area contributed by atoms with E-state index < -0.39 is 0 Å². The molecule has 0 saturated carbocycles. The van der Waals surface area contributed by atoms with Crippen molar-refractivity contribution in [1.29, 1.82) is 0 Å². The van der Waals surface area contributed by atoms with Gasteiger partial charge in [-0.15, -0.1) is 0 Å². The Labute approximate surface area is 159 Å². The van der Waals surface area contributed by atoms with Crippen LogP contribution < -0.4 is 9.47 Å². The van der Waals surface area contributed by atoms with Gasteiger partial charge in [0.25, 0.3) is 0 Å². The van der Waals surface area contributed by atoms with Gasteiger partial charge in [-0.2, -0.15) is 0 Å². The van der Waals surface area contributed by atoms with E-state index in [4.69, 9.17) is 9.47 Å². The number of hydrogen-bond donors (Lipinski definition) is 0. The Morgan fingerprint density at radius 3 is 2.56 bits per heavy atom. The first kappa shape index (κ1) is 18.9. The van der Waals surface area contributed by atoms with Crippen LogP contribution in [0.2, 0.25) is 0 Å². The molecule has 1 aliphatic rings. The van der Waals surface area contributed by atoms with Gasteiger partial charge in [-0.25, -0.2) is 0 Å². The lowest BCUT2D eigenvalue weighted by atomic mass is 9.84. The van der Waals surface area contributed by atoms with Crippen molar-refractivity contribution in [3.8, 4) is 11.5 Å². The number of ketones is 1. The number of benzene rings is 2. The zero-order valence-electron chi connectivity index (χ0n) is 15.6. The fourth-order valence-electron chi connectivity index (χ4n) is 3.25. The second-order valence-corrected chi connectivity index (χ2v) is 6.73. The molecular weight excluding hydrogens is 340 g/mol. The maximum absolute atomic E-state index is 12.5. The first-order valence-corrected chi connectivity index (χ1v) is 9.34. The van der Waals surface area contributed by atoms with Crippen LogP contribution in [0.1, 0.15) is 41.3 Å². The number of fused-ring (bicyclic) bond motifs is 1. The molecule has 4 heteroatoms. The summed E-state index contributed by atoms with van der Waals surface area (Å²) in [5.41, 5.74) is 2.96. The van der Waals surface area contributed by atoms with Crippen molar-refractivity contribution < 1.29 is 19.1 Å². The second-order valence-electron chi connectivity index (χ2n) is 6.73. The number of rotatable bonds is 7. The van der Waals surface area contributed by atoms with Gasteiger partial charge >= 0.3 is 5.97 Å². The number of allylic oxidation sites excluding steroid dienone is 1. The normalized spacial score (nSPS) is 15.5. The van der Waals surface area contributed by atoms with Gasteiger partial charge in [0.05, 0.1) is 12.5 Å². The molecule has 0 heterocycles. The maximum atomic E-state index is 12.5. The van der Waals surface area contributed by atoms with Crippen LogP contribution in [0.5, 0.6) is 11.5 Å². The average molecular weight is 364 g/mol. The van der Waals surface area contributed by atoms with Crippen LogP contribution in [0.4, 0.5) is 0 Å². The molecule has 27 heavy (non-hydrogen) atoms. The third-order valence-corrected chi connectivity index (χ3v) is 4.76. The zero-order chi connectivity index (χ0) is 19.2. The largest absolute Gasteiger partial charge is 0.494 e. The quantitative estimate of drug-likeness (QED) is 0.313. The zero-order valence-corrected chi connectivity index (χ0v) is 15.6. The highest BCUT2D eigenvalue weighted by Crippen LogP contribution is 2.30. The molecule has 0 bridgehead atoms. The molecule has 0 aromatic heterocycles. The lowest BCUT2D eigenvalue weighted by molar-refractivity contribution is -0.139. The summed E-state index contributed by atoms with van der Waals surface area (Å²) in [6.07, 6.45) is 4.52. The summed E-state index contributed by atoms with van der Waals surface area (Å²) in [6, 6.07) is 12.7. The fourth-order valence-corrected chi connectivity index (χ4v) is 3.25. The van der Waals surface area contributed by atoms with Crippen LogP contribution in [0.15, 0.2) is 55.1 Å². The molecule has 0 radical (unpaired) electrons. The molecule has 0 spiro atoms. The number of carbonyl (C=O) groups is 2. The number of carbonyl (C=O) groups excluding carboxylic acids is 2. The first-order chi connectivity index (χ1) is 13.1. The summed E-state index contributed by atoms with van der Waals surface area (Å²) in [5.74, 6) is 0.809. The molecule has 4 nitrogen and oxygen atoms in total. The summed E-state index contributed by atoms with van der Waals surface area (Å²) in [7, 11) is 0. The third-order valence-electron chi connectivity index (χ3n) is 4.76. The third kappa shape index (κ3) is 4.64. The average Bonchev–Trinajstić information content (AvgIpc) is 2.71. The molecule has 2 aromatic rings. The Morgan fingerprint density at radius 1 is 1.11 bits per heavy atom. The molecule has 1 unspecified atom stereocenters. The van der Waals surface area contributed by atoms with Crippen LogP contribution in [-0.4, -0.2) is 18.4 Å². The molecule has 0 aliphatic heterocycles. The van der Waals surface area contributed by atoms with E-state index in [0.717, 1.165) is 25.0 Å². The van der Waals surface area contributed by atoms with E-state index in [2.05, 4.69) is 25.6 Å². The highest BCUT2D eigenvalue weighted by Gasteiger charge is 2.26. The maximum Gasteiger partial charge on any atom is 0.314 e. The van der Waals surface area contributed by atoms with Crippen molar-refractivity contribution in [2.24, 2.45) is 5.92 Å². The molecule has 3 rings (SSSR count). The monoisotopic (exact) mass is 364 g/mol. The van der Waals surface area contributed by atoms with Crippen molar-refractivity contribution in [1.82, 2.24) is 0 Å². The Kier molecular flexibility index (Phi) is 6.07. The van der Waals surface area contributed by atoms with E-state index in [0.29, 0.717) is 24.3 Å². The SMILES string of the molecule is C=CC(=O)c1ccc(OC(=O)C2CCc3cc(OCCC)ccc3C2)cc1. The Bertz CT molecular complexity index is 836. The highest BCUT2D eigenvalue weighted by atomic mass is 16.5. The Morgan fingerprint density at radius 2 is 1.85 bits per heavy atom. The summed E-state index contributed by atoms with van der Waals surface area (Å²) in [4.78, 5) is 24.1. The highest BCUT2D eigenvalue weighted by molar-refractivity contribution is 6.04. The van der Waals surface area contributed by atoms with Gasteiger partial charge in [-0.1, -0.05) is 19.6 Å². The molecule has 140 valence electrons. The van der Waals surface area contributed by atoms with Crippen molar-refractivity contribution in [3.63, 3.8) is 0 Å². The molecule has 1 aliphatic carbocycles. The molecular formula is C23H24O4. The van der Waals surface area contributed by atoms with E-state index in [1.165, 1.54) is 17.2 Å². The molecule has 0 saturated heterocycles. The van der Waals surface area contributed by atoms with E-state index in [9.17, 15) is 9.59 Å². The standard InChI is InChI=1S/C23H24O4/c1-3-13-26-21-12-9-17-14-19(6-5-18(17)15-21)23(25)27-20-10-7-16(8-11-20)22(24)4-2/h4,7-12,15,19H,2-3,5-6,13-14H2,1H3. The van der Waals surface area contributed by atoms with Crippen molar-refractivity contribution in [2.75, 3.05) is 6.61 Å². The Balaban J connectivity index is 1.62. The Hall–Kier alpha value is -2.88. The van der Waals surface area contributed by atoms with Gasteiger partial charge in [-0.05, 0) is 79.3 Å². The summed E-state index contributed by atoms with van der Waals surface area (Å²) >= 11 is 0. The van der Waals surface area contributed by atoms with Gasteiger partial charge < -0.3 is 9.47 Å². The van der Waals surface area contributed by atoms with Crippen LogP contribution in [0, 0.1) is 5.92 Å². The van der Waals surface area contributed by atoms with Gasteiger partial charge in [0.2, 0.25) is 0 Å². The summed E-state index contributed by atoms with van der Waals surface area (Å²) in [5, 5.41) is 0. The smallest absolute Gasteiger partial charge is 0.314 e. The van der Waals surface area contributed by atoms with Crippen molar-refractivity contribution in [2.45, 2.75) is 32.6 Å². The minimum absolute atomic E-state index is 0.154. The van der Waals surface area contributed by atoms with Crippen LogP contribution in [0.25, 0.3) is 0 Å². The number of hydrogen-bond acceptors (Lipinski definition) is 4. The fraction of sp³-hybridized carbons (Fsp3) is 0.304. The molecule has 0 N–H and O–H groups in total. The number of esters is 1. The van der Waals surface area contributed by atoms with Gasteiger partial charge in [0.15, 0.2) is 5.78 Å². The molecule has 0 fully saturated rings. The van der Waals surface area contributed by atoms with Crippen molar-refractivity contribution >= 4 is 11.8 Å². The lowest BCUT2D eigenvalue weighted by Crippen LogP contribution is -2.26. The topological polar surface area (TPSA) is 52.6 Å². The lowest BCUT2D eigenvalue weighted by Gasteiger charge is -2.23.